The third kappa shape index (κ3) is 1.88. The van der Waals surface area contributed by atoms with Crippen LogP contribution in [0, 0.1) is 17.8 Å². The molecule has 3 heterocycles. The van der Waals surface area contributed by atoms with Crippen LogP contribution in [0.2, 0.25) is 0 Å². The molecule has 1 amide bonds. The van der Waals surface area contributed by atoms with Crippen LogP contribution < -0.4 is 5.32 Å². The topological polar surface area (TPSA) is 75.6 Å². The first-order valence-electron chi connectivity index (χ1n) is 6.93. The average molecular weight is 283 g/mol. The second-order valence-electron chi connectivity index (χ2n) is 6.15. The molecule has 4 rings (SSSR count). The minimum Gasteiger partial charge on any atom is -0.480 e. The van der Waals surface area contributed by atoms with E-state index in [2.05, 4.69) is 5.32 Å². The van der Waals surface area contributed by atoms with Crippen molar-refractivity contribution in [3.63, 3.8) is 0 Å². The number of fused-ring (bicyclic) bond motifs is 5. The number of carboxylic acid groups (broad SMARTS) is 1. The molecule has 4 fully saturated rings. The highest BCUT2D eigenvalue weighted by Crippen LogP contribution is 2.60. The third-order valence-electron chi connectivity index (χ3n) is 4.96. The number of carbonyl (C=O) groups excluding carboxylic acids is 1. The smallest absolute Gasteiger partial charge is 0.316 e. The second-order valence-corrected chi connectivity index (χ2v) is 7.38. The molecule has 0 radical (unpaired) electrons. The zero-order valence-corrected chi connectivity index (χ0v) is 11.3. The molecule has 1 aliphatic carbocycles. The Labute approximate surface area is 115 Å². The van der Waals surface area contributed by atoms with Gasteiger partial charge in [-0.3, -0.25) is 9.59 Å². The van der Waals surface area contributed by atoms with E-state index in [9.17, 15) is 9.59 Å². The van der Waals surface area contributed by atoms with Gasteiger partial charge >= 0.3 is 5.97 Å². The van der Waals surface area contributed by atoms with Gasteiger partial charge in [-0.1, -0.05) is 0 Å². The zero-order valence-electron chi connectivity index (χ0n) is 10.5. The van der Waals surface area contributed by atoms with E-state index in [1.54, 1.807) is 0 Å². The number of carboxylic acids is 1. The van der Waals surface area contributed by atoms with E-state index in [4.69, 9.17) is 9.84 Å². The van der Waals surface area contributed by atoms with Crippen molar-refractivity contribution in [2.75, 3.05) is 5.75 Å². The first-order chi connectivity index (χ1) is 9.13. The van der Waals surface area contributed by atoms with Gasteiger partial charge in [0.2, 0.25) is 5.91 Å². The molecule has 0 spiro atoms. The van der Waals surface area contributed by atoms with Crippen LogP contribution in [-0.2, 0) is 14.3 Å². The quantitative estimate of drug-likeness (QED) is 0.788. The summed E-state index contributed by atoms with van der Waals surface area (Å²) in [7, 11) is 0. The lowest BCUT2D eigenvalue weighted by Gasteiger charge is -2.20. The van der Waals surface area contributed by atoms with Crippen molar-refractivity contribution >= 4 is 23.6 Å². The van der Waals surface area contributed by atoms with E-state index in [1.807, 2.05) is 0 Å². The standard InChI is InChI=1S/C13H17NO4S/c15-12(14-5-1-10(13(16)17)19-4-5)8-3-9-6-2-7(6)11(8)18-9/h5-11H,1-4H2,(H,14,15)(H,16,17)/t5-,6+,7-,8+,9-,10-,11-/m0/s1. The summed E-state index contributed by atoms with van der Waals surface area (Å²) in [5, 5.41) is 11.6. The molecule has 0 aromatic rings. The number of aliphatic carboxylic acids is 1. The Kier molecular flexibility index (Phi) is 2.61. The maximum absolute atomic E-state index is 12.3. The van der Waals surface area contributed by atoms with Gasteiger partial charge in [0.1, 0.15) is 5.25 Å². The van der Waals surface area contributed by atoms with Crippen molar-refractivity contribution in [2.24, 2.45) is 17.8 Å². The van der Waals surface area contributed by atoms with Crippen LogP contribution in [0.3, 0.4) is 0 Å². The highest BCUT2D eigenvalue weighted by molar-refractivity contribution is 8.00. The van der Waals surface area contributed by atoms with Crippen molar-refractivity contribution in [3.05, 3.63) is 0 Å². The summed E-state index contributed by atoms with van der Waals surface area (Å²) in [4.78, 5) is 23.2. The zero-order chi connectivity index (χ0) is 13.1. The summed E-state index contributed by atoms with van der Waals surface area (Å²) < 4.78 is 5.83. The summed E-state index contributed by atoms with van der Waals surface area (Å²) in [5.41, 5.74) is 0. The molecule has 19 heavy (non-hydrogen) atoms. The molecule has 0 unspecified atom stereocenters. The number of rotatable bonds is 3. The highest BCUT2D eigenvalue weighted by Gasteiger charge is 2.64. The van der Waals surface area contributed by atoms with E-state index in [1.165, 1.54) is 18.2 Å². The Morgan fingerprint density at radius 1 is 1.21 bits per heavy atom. The van der Waals surface area contributed by atoms with Crippen molar-refractivity contribution in [1.29, 1.82) is 0 Å². The molecule has 6 heteroatoms. The molecule has 3 saturated heterocycles. The van der Waals surface area contributed by atoms with Crippen molar-refractivity contribution in [1.82, 2.24) is 5.32 Å². The molecule has 7 atom stereocenters. The van der Waals surface area contributed by atoms with E-state index >= 15 is 0 Å². The maximum atomic E-state index is 12.3. The molecular weight excluding hydrogens is 266 g/mol. The molecule has 2 N–H and O–H groups in total. The monoisotopic (exact) mass is 283 g/mol. The molecule has 3 aliphatic heterocycles. The van der Waals surface area contributed by atoms with Crippen LogP contribution in [0.5, 0.6) is 0 Å². The minimum absolute atomic E-state index is 0.00243. The van der Waals surface area contributed by atoms with Crippen LogP contribution in [0.4, 0.5) is 0 Å². The Morgan fingerprint density at radius 2 is 2.05 bits per heavy atom. The lowest BCUT2D eigenvalue weighted by molar-refractivity contribution is -0.136. The SMILES string of the molecule is O=C(O)[C@@H]1C[C@H](NC(=O)[C@@H]2C[C@@H]3O[C@H]2[C@H]2C[C@H]23)CS1. The van der Waals surface area contributed by atoms with Crippen LogP contribution >= 0.6 is 11.8 Å². The maximum Gasteiger partial charge on any atom is 0.316 e. The predicted octanol–water partition coefficient (Wildman–Crippen LogP) is 0.485. The Morgan fingerprint density at radius 3 is 2.68 bits per heavy atom. The van der Waals surface area contributed by atoms with Gasteiger partial charge in [-0.2, -0.15) is 0 Å². The minimum atomic E-state index is -0.772. The average Bonchev–Trinajstić information content (AvgIpc) is 2.76. The molecule has 2 bridgehead atoms. The number of hydrogen-bond acceptors (Lipinski definition) is 4. The van der Waals surface area contributed by atoms with Crippen LogP contribution in [0.1, 0.15) is 19.3 Å². The number of thioether (sulfide) groups is 1. The molecular formula is C13H17NO4S. The Balaban J connectivity index is 1.34. The first kappa shape index (κ1) is 12.0. The molecule has 104 valence electrons. The Hall–Kier alpha value is -0.750. The number of ether oxygens (including phenoxy) is 1. The fraction of sp³-hybridized carbons (Fsp3) is 0.846. The molecule has 4 aliphatic rings. The fourth-order valence-corrected chi connectivity index (χ4v) is 5.11. The number of amides is 1. The molecule has 0 aromatic carbocycles. The van der Waals surface area contributed by atoms with Gasteiger partial charge in [-0.15, -0.1) is 11.8 Å². The second kappa shape index (κ2) is 4.12. The normalized spacial score (nSPS) is 50.0. The molecule has 5 nitrogen and oxygen atoms in total. The van der Waals surface area contributed by atoms with Crippen LogP contribution in [0.15, 0.2) is 0 Å². The van der Waals surface area contributed by atoms with Crippen LogP contribution in [-0.4, -0.2) is 46.2 Å². The van der Waals surface area contributed by atoms with E-state index in [0.29, 0.717) is 24.2 Å². The predicted molar refractivity (Wildman–Crippen MR) is 68.8 cm³/mol. The molecule has 1 saturated carbocycles. The third-order valence-corrected chi connectivity index (χ3v) is 6.35. The van der Waals surface area contributed by atoms with Gasteiger partial charge in [-0.05, 0) is 31.1 Å². The highest BCUT2D eigenvalue weighted by atomic mass is 32.2. The van der Waals surface area contributed by atoms with Gasteiger partial charge in [0, 0.05) is 11.8 Å². The van der Waals surface area contributed by atoms with E-state index < -0.39 is 5.97 Å². The largest absolute Gasteiger partial charge is 0.480 e. The van der Waals surface area contributed by atoms with Crippen molar-refractivity contribution < 1.29 is 19.4 Å². The van der Waals surface area contributed by atoms with Crippen LogP contribution in [0.25, 0.3) is 0 Å². The Bertz CT molecular complexity index is 442. The number of nitrogens with one attached hydrogen (secondary N) is 1. The van der Waals surface area contributed by atoms with E-state index in [-0.39, 0.29) is 29.2 Å². The van der Waals surface area contributed by atoms with Gasteiger partial charge in [0.05, 0.1) is 18.1 Å². The lowest BCUT2D eigenvalue weighted by Crippen LogP contribution is -2.43. The number of carbonyl (C=O) groups is 2. The van der Waals surface area contributed by atoms with Gasteiger partial charge in [-0.25, -0.2) is 0 Å². The van der Waals surface area contributed by atoms with Gasteiger partial charge < -0.3 is 15.2 Å². The fourth-order valence-electron chi connectivity index (χ4n) is 3.92. The molecule has 0 aromatic heterocycles. The first-order valence-corrected chi connectivity index (χ1v) is 7.98. The van der Waals surface area contributed by atoms with E-state index in [0.717, 1.165) is 12.3 Å². The van der Waals surface area contributed by atoms with Gasteiger partial charge in [0.25, 0.3) is 0 Å². The summed E-state index contributed by atoms with van der Waals surface area (Å²) in [5.74, 6) is 1.37. The van der Waals surface area contributed by atoms with Crippen molar-refractivity contribution in [3.8, 4) is 0 Å². The summed E-state index contributed by atoms with van der Waals surface area (Å²) in [6.45, 7) is 0. The number of hydrogen-bond donors (Lipinski definition) is 2. The van der Waals surface area contributed by atoms with Crippen molar-refractivity contribution in [2.45, 2.75) is 42.8 Å². The lowest BCUT2D eigenvalue weighted by atomic mass is 9.88. The summed E-state index contributed by atoms with van der Waals surface area (Å²) >= 11 is 1.42. The summed E-state index contributed by atoms with van der Waals surface area (Å²) in [6, 6.07) is 0.00715. The summed E-state index contributed by atoms with van der Waals surface area (Å²) in [6.07, 6.45) is 3.09. The van der Waals surface area contributed by atoms with Gasteiger partial charge in [0.15, 0.2) is 0 Å².